The Morgan fingerprint density at radius 1 is 1.24 bits per heavy atom. The van der Waals surface area contributed by atoms with Crippen LogP contribution in [-0.2, 0) is 14.3 Å². The number of aliphatic carboxylic acids is 1. The summed E-state index contributed by atoms with van der Waals surface area (Å²) in [5.41, 5.74) is 0.0272. The van der Waals surface area contributed by atoms with E-state index in [0.717, 1.165) is 25.5 Å². The van der Waals surface area contributed by atoms with Gasteiger partial charge in [0.25, 0.3) is 0 Å². The first-order valence-electron chi connectivity index (χ1n) is 5.67. The van der Waals surface area contributed by atoms with Crippen LogP contribution in [0.3, 0.4) is 0 Å². The molecule has 0 aromatic rings. The van der Waals surface area contributed by atoms with E-state index < -0.39 is 5.97 Å². The van der Waals surface area contributed by atoms with Crippen LogP contribution in [0, 0.1) is 0 Å². The number of hydrogen-bond donors (Lipinski definition) is 1. The molecule has 0 saturated heterocycles. The van der Waals surface area contributed by atoms with E-state index in [-0.39, 0.29) is 37.4 Å². The number of carboxylic acids is 1. The second-order valence-electron chi connectivity index (χ2n) is 3.76. The normalized spacial score (nSPS) is 10.6. The Balaban J connectivity index is -0.000000375. The molecule has 17 heavy (non-hydrogen) atoms. The summed E-state index contributed by atoms with van der Waals surface area (Å²) in [6.45, 7) is 3.52. The van der Waals surface area contributed by atoms with Crippen molar-refractivity contribution in [3.8, 4) is 0 Å². The third-order valence-electron chi connectivity index (χ3n) is 2.19. The van der Waals surface area contributed by atoms with Crippen molar-refractivity contribution < 1.29 is 22.3 Å². The van der Waals surface area contributed by atoms with Crippen molar-refractivity contribution in [1.82, 2.24) is 0 Å². The largest absolute Gasteiger partial charge is 2.00 e. The number of hydrogen-bond acceptors (Lipinski definition) is 3. The molecule has 96 valence electrons. The molecule has 0 unspecified atom stereocenters. The molecule has 0 aromatic carbocycles. The molecule has 0 aliphatic rings. The van der Waals surface area contributed by atoms with Gasteiger partial charge in [0, 0.05) is 6.42 Å². The van der Waals surface area contributed by atoms with Gasteiger partial charge in [-0.2, -0.15) is 0 Å². The van der Waals surface area contributed by atoms with Crippen molar-refractivity contribution >= 4 is 35.0 Å². The summed E-state index contributed by atoms with van der Waals surface area (Å²) >= 11 is 0. The first-order chi connectivity index (χ1) is 7.57. The second-order valence-corrected chi connectivity index (χ2v) is 3.76. The monoisotopic (exact) mass is 254 g/mol. The average Bonchev–Trinajstić information content (AvgIpc) is 2.25. The summed E-state index contributed by atoms with van der Waals surface area (Å²) in [6.07, 6.45) is 6.67. The number of ether oxygens (including phenoxy) is 1. The van der Waals surface area contributed by atoms with E-state index in [1.54, 1.807) is 0 Å². The molecular weight excluding hydrogens is 232 g/mol. The number of unbranched alkanes of at least 4 members (excludes halogenated alkanes) is 4. The van der Waals surface area contributed by atoms with E-state index in [1.165, 1.54) is 19.8 Å². The summed E-state index contributed by atoms with van der Waals surface area (Å²) < 4.78 is 4.69. The van der Waals surface area contributed by atoms with E-state index in [0.29, 0.717) is 6.42 Å². The molecule has 0 heterocycles. The first kappa shape index (κ1) is 18.8. The van der Waals surface area contributed by atoms with Crippen LogP contribution in [0.4, 0.5) is 0 Å². The molecule has 0 amide bonds. The van der Waals surface area contributed by atoms with Gasteiger partial charge in [0.1, 0.15) is 6.26 Å². The number of carboxylic acid groups (broad SMARTS) is 1. The van der Waals surface area contributed by atoms with Gasteiger partial charge in [0.15, 0.2) is 0 Å². The Hall–Kier alpha value is -0.554. The minimum atomic E-state index is -1.07. The predicted octanol–water partition coefficient (Wildman–Crippen LogP) is 2.72. The number of rotatable bonds is 8. The average molecular weight is 255 g/mol. The maximum absolute atomic E-state index is 11.1. The van der Waals surface area contributed by atoms with Gasteiger partial charge in [-0.1, -0.05) is 32.6 Å². The van der Waals surface area contributed by atoms with Crippen LogP contribution in [0.2, 0.25) is 0 Å². The molecule has 0 spiro atoms. The van der Waals surface area contributed by atoms with Gasteiger partial charge in [-0.05, 0) is 13.3 Å². The fourth-order valence-corrected chi connectivity index (χ4v) is 1.14. The Bertz CT molecular complexity index is 270. The molecule has 0 atom stereocenters. The van der Waals surface area contributed by atoms with Gasteiger partial charge in [-0.15, -0.1) is 0 Å². The zero-order valence-electron chi connectivity index (χ0n) is 12.7. The van der Waals surface area contributed by atoms with Gasteiger partial charge in [-0.3, -0.25) is 4.79 Å². The zero-order valence-corrected chi connectivity index (χ0v) is 12.1. The molecule has 0 fully saturated rings. The van der Waals surface area contributed by atoms with Crippen molar-refractivity contribution in [2.24, 2.45) is 0 Å². The molecule has 0 rings (SSSR count). The van der Waals surface area contributed by atoms with Crippen LogP contribution in [0.1, 0.15) is 55.2 Å². The molecule has 0 saturated carbocycles. The van der Waals surface area contributed by atoms with Crippen molar-refractivity contribution in [2.75, 3.05) is 0 Å². The third kappa shape index (κ3) is 11.7. The molecule has 1 N–H and O–H groups in total. The summed E-state index contributed by atoms with van der Waals surface area (Å²) in [5, 5.41) is 8.51. The number of carbonyl (C=O) groups excluding carboxylic acids is 1. The maximum atomic E-state index is 11.1. The smallest absolute Gasteiger partial charge is 1.00 e. The van der Waals surface area contributed by atoms with Crippen molar-refractivity contribution in [1.29, 1.82) is 0 Å². The fourth-order valence-electron chi connectivity index (χ4n) is 1.14. The quantitative estimate of drug-likeness (QED) is 0.238. The van der Waals surface area contributed by atoms with Gasteiger partial charge < -0.3 is 12.7 Å². The SMILES string of the molecule is CCCCCCCC(=O)OC=C(C)C(=O)O.[H-].[H-].[Mg+2]. The topological polar surface area (TPSA) is 63.6 Å². The van der Waals surface area contributed by atoms with Gasteiger partial charge in [-0.25, -0.2) is 4.79 Å². The molecule has 4 nitrogen and oxygen atoms in total. The third-order valence-corrected chi connectivity index (χ3v) is 2.19. The molecule has 0 bridgehead atoms. The molecule has 0 aliphatic heterocycles. The predicted molar refractivity (Wildman–Crippen MR) is 68.8 cm³/mol. The van der Waals surface area contributed by atoms with Crippen LogP contribution in [0.25, 0.3) is 0 Å². The second kappa shape index (κ2) is 11.9. The summed E-state index contributed by atoms with van der Waals surface area (Å²) in [6, 6.07) is 0. The minimum Gasteiger partial charge on any atom is -1.00 e. The van der Waals surface area contributed by atoms with E-state index in [4.69, 9.17) is 5.11 Å². The molecule has 0 aromatic heterocycles. The van der Waals surface area contributed by atoms with E-state index in [9.17, 15) is 9.59 Å². The Morgan fingerprint density at radius 2 is 1.82 bits per heavy atom. The summed E-state index contributed by atoms with van der Waals surface area (Å²) in [7, 11) is 0. The standard InChI is InChI=1S/C12H20O4.Mg.2H/c1-3-4-5-6-7-8-11(13)16-9-10(2)12(14)15;;;/h9H,3-8H2,1-2H3,(H,14,15);;;/q;+2;2*-1. The molecular formula is C12H22MgO4. The van der Waals surface area contributed by atoms with Crippen molar-refractivity contribution in [3.63, 3.8) is 0 Å². The minimum absolute atomic E-state index is 0. The van der Waals surface area contributed by atoms with E-state index in [1.807, 2.05) is 0 Å². The maximum Gasteiger partial charge on any atom is 2.00 e. The van der Waals surface area contributed by atoms with Crippen molar-refractivity contribution in [2.45, 2.75) is 52.4 Å². The first-order valence-corrected chi connectivity index (χ1v) is 5.67. The molecule has 5 heteroatoms. The van der Waals surface area contributed by atoms with Crippen molar-refractivity contribution in [3.05, 3.63) is 11.8 Å². The number of esters is 1. The number of carbonyl (C=O) groups is 2. The van der Waals surface area contributed by atoms with Crippen LogP contribution in [-0.4, -0.2) is 40.1 Å². The summed E-state index contributed by atoms with van der Waals surface area (Å²) in [5.74, 6) is -1.44. The molecule has 0 radical (unpaired) electrons. The van der Waals surface area contributed by atoms with Crippen LogP contribution >= 0.6 is 0 Å². The Kier molecular flexibility index (Phi) is 13.2. The van der Waals surface area contributed by atoms with Crippen LogP contribution < -0.4 is 0 Å². The van der Waals surface area contributed by atoms with Crippen LogP contribution in [0.15, 0.2) is 11.8 Å². The van der Waals surface area contributed by atoms with Crippen LogP contribution in [0.5, 0.6) is 0 Å². The summed E-state index contributed by atoms with van der Waals surface area (Å²) in [4.78, 5) is 21.5. The Labute approximate surface area is 122 Å². The Morgan fingerprint density at radius 3 is 2.35 bits per heavy atom. The van der Waals surface area contributed by atoms with Gasteiger partial charge in [0.05, 0.1) is 5.57 Å². The fraction of sp³-hybridized carbons (Fsp3) is 0.667. The zero-order chi connectivity index (χ0) is 12.4. The molecule has 0 aliphatic carbocycles. The van der Waals surface area contributed by atoms with Gasteiger partial charge in [0.2, 0.25) is 0 Å². The van der Waals surface area contributed by atoms with E-state index in [2.05, 4.69) is 11.7 Å². The van der Waals surface area contributed by atoms with Gasteiger partial charge >= 0.3 is 35.0 Å². The van der Waals surface area contributed by atoms with E-state index >= 15 is 0 Å².